The normalized spacial score (nSPS) is 14.4. The summed E-state index contributed by atoms with van der Waals surface area (Å²) < 4.78 is 21.9. The molecule has 2 aromatic heterocycles. The monoisotopic (exact) mass is 391 g/mol. The van der Waals surface area contributed by atoms with E-state index in [-0.39, 0.29) is 11.1 Å². The summed E-state index contributed by atoms with van der Waals surface area (Å²) in [6, 6.07) is 16.0. The fourth-order valence-corrected chi connectivity index (χ4v) is 3.49. The average Bonchev–Trinajstić information content (AvgIpc) is 3.11. The summed E-state index contributed by atoms with van der Waals surface area (Å²) in [4.78, 5) is 11.3. The molecular weight excluding hydrogens is 373 g/mol. The summed E-state index contributed by atoms with van der Waals surface area (Å²) in [6.45, 7) is 2.28. The number of halogens is 1. The van der Waals surface area contributed by atoms with Crippen LogP contribution in [0, 0.1) is 5.95 Å². The summed E-state index contributed by atoms with van der Waals surface area (Å²) >= 11 is 0. The van der Waals surface area contributed by atoms with Crippen LogP contribution in [0.2, 0.25) is 0 Å². The van der Waals surface area contributed by atoms with Crippen LogP contribution in [0.3, 0.4) is 0 Å². The lowest BCUT2D eigenvalue weighted by molar-refractivity contribution is 0.122. The highest BCUT2D eigenvalue weighted by Gasteiger charge is 2.25. The van der Waals surface area contributed by atoms with Crippen molar-refractivity contribution in [3.05, 3.63) is 60.5 Å². The molecule has 1 fully saturated rings. The van der Waals surface area contributed by atoms with Gasteiger partial charge in [-0.05, 0) is 24.3 Å². The van der Waals surface area contributed by atoms with Gasteiger partial charge in [-0.25, -0.2) is 14.6 Å². The molecule has 0 bridgehead atoms. The number of fused-ring (bicyclic) bond motifs is 1. The molecule has 5 rings (SSSR count). The number of hydrogen-bond donors (Lipinski definition) is 1. The second-order valence-corrected chi connectivity index (χ2v) is 6.76. The fraction of sp³-hybridized carbons (Fsp3) is 0.190. The van der Waals surface area contributed by atoms with Crippen LogP contribution >= 0.6 is 0 Å². The number of aromatic nitrogens is 4. The van der Waals surface area contributed by atoms with E-state index in [9.17, 15) is 9.50 Å². The number of rotatable bonds is 3. The zero-order valence-corrected chi connectivity index (χ0v) is 15.5. The lowest BCUT2D eigenvalue weighted by Gasteiger charge is -2.28. The largest absolute Gasteiger partial charge is 0.508 e. The third-order valence-corrected chi connectivity index (χ3v) is 4.88. The molecule has 7 nitrogen and oxygen atoms in total. The molecule has 2 aromatic carbocycles. The van der Waals surface area contributed by atoms with Crippen LogP contribution in [0.1, 0.15) is 0 Å². The molecular formula is C21H18FN5O2. The molecule has 1 aliphatic rings. The van der Waals surface area contributed by atoms with Gasteiger partial charge in [-0.15, -0.1) is 5.10 Å². The van der Waals surface area contributed by atoms with E-state index in [0.29, 0.717) is 54.8 Å². The second-order valence-electron chi connectivity index (χ2n) is 6.76. The van der Waals surface area contributed by atoms with Gasteiger partial charge in [0.2, 0.25) is 5.95 Å². The molecule has 3 heterocycles. The molecule has 8 heteroatoms. The smallest absolute Gasteiger partial charge is 0.246 e. The van der Waals surface area contributed by atoms with Crippen LogP contribution in [0.15, 0.2) is 54.6 Å². The molecule has 4 aromatic rings. The standard InChI is InChI=1S/C21H18FN5O2/c22-18-17-20(26-9-11-29-12-10-26)23-19(14-5-4-8-16(28)13-14)24-21(17)27(25-18)15-6-2-1-3-7-15/h1-8,13,28H,9-12H2. The number of benzene rings is 2. The van der Waals surface area contributed by atoms with Crippen molar-refractivity contribution in [2.24, 2.45) is 0 Å². The Morgan fingerprint density at radius 2 is 1.76 bits per heavy atom. The molecule has 146 valence electrons. The number of hydrogen-bond acceptors (Lipinski definition) is 6. The molecule has 0 unspecified atom stereocenters. The minimum absolute atomic E-state index is 0.113. The Labute approximate surface area is 166 Å². The second kappa shape index (κ2) is 7.14. The number of ether oxygens (including phenoxy) is 1. The van der Waals surface area contributed by atoms with E-state index in [2.05, 4.69) is 15.1 Å². The predicted octanol–water partition coefficient (Wildman–Crippen LogP) is 3.16. The first kappa shape index (κ1) is 17.6. The number of para-hydroxylation sites is 1. The van der Waals surface area contributed by atoms with E-state index >= 15 is 0 Å². The Bertz CT molecular complexity index is 1170. The van der Waals surface area contributed by atoms with Gasteiger partial charge in [0, 0.05) is 18.7 Å². The fourth-order valence-electron chi connectivity index (χ4n) is 3.49. The van der Waals surface area contributed by atoms with Crippen molar-refractivity contribution >= 4 is 16.9 Å². The van der Waals surface area contributed by atoms with Crippen LogP contribution in [-0.2, 0) is 4.74 Å². The first-order valence-electron chi connectivity index (χ1n) is 9.34. The Morgan fingerprint density at radius 3 is 2.52 bits per heavy atom. The van der Waals surface area contributed by atoms with Crippen molar-refractivity contribution in [2.45, 2.75) is 0 Å². The molecule has 1 saturated heterocycles. The van der Waals surface area contributed by atoms with Gasteiger partial charge in [-0.2, -0.15) is 4.39 Å². The topological polar surface area (TPSA) is 76.3 Å². The van der Waals surface area contributed by atoms with E-state index in [4.69, 9.17) is 4.74 Å². The molecule has 0 spiro atoms. The molecule has 0 aliphatic carbocycles. The quantitative estimate of drug-likeness (QED) is 0.578. The summed E-state index contributed by atoms with van der Waals surface area (Å²) in [5.74, 6) is 0.373. The van der Waals surface area contributed by atoms with Gasteiger partial charge >= 0.3 is 0 Å². The van der Waals surface area contributed by atoms with Crippen molar-refractivity contribution in [3.8, 4) is 22.8 Å². The minimum atomic E-state index is -0.618. The van der Waals surface area contributed by atoms with Gasteiger partial charge in [-0.3, -0.25) is 0 Å². The number of morpholine rings is 1. The molecule has 1 aliphatic heterocycles. The van der Waals surface area contributed by atoms with Crippen LogP contribution in [-0.4, -0.2) is 51.2 Å². The Kier molecular flexibility index (Phi) is 4.33. The van der Waals surface area contributed by atoms with Gasteiger partial charge < -0.3 is 14.7 Å². The van der Waals surface area contributed by atoms with Gasteiger partial charge in [-0.1, -0.05) is 30.3 Å². The van der Waals surface area contributed by atoms with Crippen LogP contribution in [0.5, 0.6) is 5.75 Å². The maximum atomic E-state index is 15.0. The highest BCUT2D eigenvalue weighted by molar-refractivity contribution is 5.90. The maximum Gasteiger partial charge on any atom is 0.246 e. The zero-order valence-electron chi connectivity index (χ0n) is 15.5. The Hall–Kier alpha value is -3.52. The first-order chi connectivity index (χ1) is 14.2. The lowest BCUT2D eigenvalue weighted by atomic mass is 10.2. The first-order valence-corrected chi connectivity index (χ1v) is 9.34. The highest BCUT2D eigenvalue weighted by Crippen LogP contribution is 2.32. The molecule has 0 saturated carbocycles. The number of phenolic OH excluding ortho intramolecular Hbond substituents is 1. The number of nitrogens with zero attached hydrogens (tertiary/aromatic N) is 5. The molecule has 0 radical (unpaired) electrons. The van der Waals surface area contributed by atoms with Crippen molar-refractivity contribution in [1.82, 2.24) is 19.7 Å². The summed E-state index contributed by atoms with van der Waals surface area (Å²) in [5.41, 5.74) is 1.72. The zero-order chi connectivity index (χ0) is 19.8. The Morgan fingerprint density at radius 1 is 0.966 bits per heavy atom. The summed E-state index contributed by atoms with van der Waals surface area (Å²) in [5, 5.41) is 14.3. The summed E-state index contributed by atoms with van der Waals surface area (Å²) in [6.07, 6.45) is 0. The predicted molar refractivity (Wildman–Crippen MR) is 107 cm³/mol. The van der Waals surface area contributed by atoms with E-state index in [1.165, 1.54) is 4.68 Å². The highest BCUT2D eigenvalue weighted by atomic mass is 19.1. The SMILES string of the molecule is Oc1cccc(-c2nc(N3CCOCC3)c3c(F)nn(-c4ccccc4)c3n2)c1. The number of phenols is 1. The number of anilines is 1. The van der Waals surface area contributed by atoms with E-state index in [1.807, 2.05) is 41.3 Å². The molecule has 0 atom stereocenters. The third kappa shape index (κ3) is 3.17. The van der Waals surface area contributed by atoms with Gasteiger partial charge in [0.05, 0.1) is 18.9 Å². The third-order valence-electron chi connectivity index (χ3n) is 4.88. The van der Waals surface area contributed by atoms with Gasteiger partial charge in [0.1, 0.15) is 17.0 Å². The van der Waals surface area contributed by atoms with Gasteiger partial charge in [0.25, 0.3) is 0 Å². The van der Waals surface area contributed by atoms with Crippen LogP contribution in [0.4, 0.5) is 10.2 Å². The van der Waals surface area contributed by atoms with Crippen LogP contribution in [0.25, 0.3) is 28.1 Å². The van der Waals surface area contributed by atoms with E-state index < -0.39 is 5.95 Å². The minimum Gasteiger partial charge on any atom is -0.508 e. The van der Waals surface area contributed by atoms with Crippen LogP contribution < -0.4 is 4.90 Å². The van der Waals surface area contributed by atoms with Crippen molar-refractivity contribution in [1.29, 1.82) is 0 Å². The lowest BCUT2D eigenvalue weighted by Crippen LogP contribution is -2.37. The maximum absolute atomic E-state index is 15.0. The van der Waals surface area contributed by atoms with Crippen molar-refractivity contribution < 1.29 is 14.2 Å². The summed E-state index contributed by atoms with van der Waals surface area (Å²) in [7, 11) is 0. The van der Waals surface area contributed by atoms with E-state index in [1.54, 1.807) is 18.2 Å². The Balaban J connectivity index is 1.78. The molecule has 29 heavy (non-hydrogen) atoms. The van der Waals surface area contributed by atoms with Crippen molar-refractivity contribution in [2.75, 3.05) is 31.2 Å². The number of aromatic hydroxyl groups is 1. The van der Waals surface area contributed by atoms with Crippen molar-refractivity contribution in [3.63, 3.8) is 0 Å². The molecule has 0 amide bonds. The molecule has 1 N–H and O–H groups in total. The van der Waals surface area contributed by atoms with E-state index in [0.717, 1.165) is 0 Å². The average molecular weight is 391 g/mol. The van der Waals surface area contributed by atoms with Gasteiger partial charge in [0.15, 0.2) is 11.5 Å².